The van der Waals surface area contributed by atoms with E-state index in [9.17, 15) is 9.59 Å². The highest BCUT2D eigenvalue weighted by Crippen LogP contribution is 2.44. The number of carbonyl (C=O) groups is 2. The molecule has 1 fully saturated rings. The number of carbonyl (C=O) groups excluding carboxylic acids is 2. The maximum atomic E-state index is 13.5. The first-order valence-electron chi connectivity index (χ1n) is 11.0. The van der Waals surface area contributed by atoms with Gasteiger partial charge >= 0.3 is 0 Å². The Morgan fingerprint density at radius 1 is 1.12 bits per heavy atom. The molecule has 0 unspecified atom stereocenters. The van der Waals surface area contributed by atoms with Gasteiger partial charge in [0.1, 0.15) is 6.54 Å². The number of para-hydroxylation sites is 1. The van der Waals surface area contributed by atoms with Gasteiger partial charge in [0.05, 0.1) is 11.1 Å². The zero-order valence-corrected chi connectivity index (χ0v) is 19.2. The summed E-state index contributed by atoms with van der Waals surface area (Å²) in [6.07, 6.45) is 3.68. The van der Waals surface area contributed by atoms with Crippen molar-refractivity contribution in [3.05, 3.63) is 64.8 Å². The molecule has 32 heavy (non-hydrogen) atoms. The van der Waals surface area contributed by atoms with E-state index in [-0.39, 0.29) is 23.8 Å². The average molecular weight is 451 g/mol. The fraction of sp³-hybridized carbons (Fsp3) is 0.360. The van der Waals surface area contributed by atoms with Crippen molar-refractivity contribution >= 4 is 40.0 Å². The topological polar surface area (TPSA) is 57.6 Å². The lowest BCUT2D eigenvalue weighted by Crippen LogP contribution is -2.46. The van der Waals surface area contributed by atoms with E-state index in [1.165, 1.54) is 11.3 Å². The quantitative estimate of drug-likeness (QED) is 0.656. The summed E-state index contributed by atoms with van der Waals surface area (Å²) < 4.78 is 1.83. The second kappa shape index (κ2) is 7.85. The van der Waals surface area contributed by atoms with Crippen LogP contribution in [-0.2, 0) is 16.8 Å². The smallest absolute Gasteiger partial charge is 0.256 e. The molecule has 2 aromatic carbocycles. The molecule has 1 spiro atoms. The highest BCUT2D eigenvalue weighted by molar-refractivity contribution is 6.31. The molecule has 0 aliphatic carbocycles. The van der Waals surface area contributed by atoms with Crippen LogP contribution in [0.15, 0.2) is 48.7 Å². The van der Waals surface area contributed by atoms with E-state index in [2.05, 4.69) is 29.6 Å². The van der Waals surface area contributed by atoms with Gasteiger partial charge in [-0.05, 0) is 36.6 Å². The number of nitrogens with one attached hydrogen (secondary N) is 1. The molecular weight excluding hydrogens is 424 g/mol. The predicted molar refractivity (Wildman–Crippen MR) is 127 cm³/mol. The summed E-state index contributed by atoms with van der Waals surface area (Å²) >= 11 is 6.23. The highest BCUT2D eigenvalue weighted by atomic mass is 35.5. The summed E-state index contributed by atoms with van der Waals surface area (Å²) in [5.41, 5.74) is 4.13. The Bertz CT molecular complexity index is 1210. The minimum Gasteiger partial charge on any atom is -0.384 e. The molecule has 3 heterocycles. The van der Waals surface area contributed by atoms with Crippen molar-refractivity contribution in [1.82, 2.24) is 14.4 Å². The fourth-order valence-corrected chi connectivity index (χ4v) is 5.23. The lowest BCUT2D eigenvalue weighted by Gasteiger charge is -2.39. The molecule has 0 radical (unpaired) electrons. The maximum absolute atomic E-state index is 13.5. The van der Waals surface area contributed by atoms with Crippen molar-refractivity contribution in [1.29, 1.82) is 0 Å². The first-order valence-corrected chi connectivity index (χ1v) is 11.4. The monoisotopic (exact) mass is 450 g/mol. The number of nitrogens with zero attached hydrogens (tertiary/aromatic N) is 3. The van der Waals surface area contributed by atoms with Crippen LogP contribution in [0.2, 0.25) is 5.02 Å². The van der Waals surface area contributed by atoms with E-state index in [0.29, 0.717) is 23.7 Å². The van der Waals surface area contributed by atoms with Crippen molar-refractivity contribution in [3.63, 3.8) is 0 Å². The molecule has 166 valence electrons. The van der Waals surface area contributed by atoms with Crippen molar-refractivity contribution in [2.24, 2.45) is 0 Å². The molecule has 1 aromatic heterocycles. The largest absolute Gasteiger partial charge is 0.384 e. The van der Waals surface area contributed by atoms with Crippen molar-refractivity contribution in [2.75, 3.05) is 39.0 Å². The van der Waals surface area contributed by atoms with Gasteiger partial charge in [-0.15, -0.1) is 0 Å². The Kier molecular flexibility index (Phi) is 5.13. The summed E-state index contributed by atoms with van der Waals surface area (Å²) in [7, 11) is 3.46. The van der Waals surface area contributed by atoms with Gasteiger partial charge in [-0.25, -0.2) is 0 Å². The first-order chi connectivity index (χ1) is 15.4. The Morgan fingerprint density at radius 3 is 2.62 bits per heavy atom. The standard InChI is InChI=1S/C25H27ClN4O2/c1-28(2)23(31)15-30-14-19(18-8-7-17(26)13-22(18)30)24(32)29-11-9-25(10-12-29)16-27-21-6-4-3-5-20(21)25/h3-8,13-14,27H,9-12,15-16H2,1-2H3. The molecule has 2 amide bonds. The predicted octanol–water partition coefficient (Wildman–Crippen LogP) is 3.98. The van der Waals surface area contributed by atoms with E-state index in [1.807, 2.05) is 27.8 Å². The number of halogens is 1. The zero-order chi connectivity index (χ0) is 22.5. The van der Waals surface area contributed by atoms with E-state index < -0.39 is 0 Å². The Morgan fingerprint density at radius 2 is 1.88 bits per heavy atom. The van der Waals surface area contributed by atoms with Gasteiger partial charge in [0, 0.05) is 61.4 Å². The Labute approximate surface area is 192 Å². The number of likely N-dealkylation sites (N-methyl/N-ethyl adjacent to an activating group) is 1. The van der Waals surface area contributed by atoms with Crippen LogP contribution in [0.5, 0.6) is 0 Å². The summed E-state index contributed by atoms with van der Waals surface area (Å²) in [6, 6.07) is 14.0. The number of anilines is 1. The number of piperidine rings is 1. The molecule has 3 aromatic rings. The average Bonchev–Trinajstić information content (AvgIpc) is 3.32. The highest BCUT2D eigenvalue weighted by Gasteiger charge is 2.42. The maximum Gasteiger partial charge on any atom is 0.256 e. The number of fused-ring (bicyclic) bond motifs is 3. The minimum absolute atomic E-state index is 0.0162. The summed E-state index contributed by atoms with van der Waals surface area (Å²) in [6.45, 7) is 2.53. The molecule has 1 N–H and O–H groups in total. The van der Waals surface area contributed by atoms with Gasteiger partial charge in [0.2, 0.25) is 5.91 Å². The third-order valence-electron chi connectivity index (χ3n) is 7.00. The minimum atomic E-state index is -0.0341. The van der Waals surface area contributed by atoms with Crippen molar-refractivity contribution in [2.45, 2.75) is 24.8 Å². The lowest BCUT2D eigenvalue weighted by molar-refractivity contribution is -0.129. The molecule has 0 saturated carbocycles. The zero-order valence-electron chi connectivity index (χ0n) is 18.4. The summed E-state index contributed by atoms with van der Waals surface area (Å²) in [4.78, 5) is 29.4. The molecule has 0 bridgehead atoms. The van der Waals surface area contributed by atoms with Crippen LogP contribution in [-0.4, -0.2) is 59.9 Å². The van der Waals surface area contributed by atoms with Gasteiger partial charge in [0.15, 0.2) is 0 Å². The summed E-state index contributed by atoms with van der Waals surface area (Å²) in [5.74, 6) is -0.0179. The van der Waals surface area contributed by atoms with Gasteiger partial charge in [-0.1, -0.05) is 35.9 Å². The molecule has 2 aliphatic rings. The molecular formula is C25H27ClN4O2. The molecule has 0 atom stereocenters. The van der Waals surface area contributed by atoms with Crippen LogP contribution < -0.4 is 5.32 Å². The van der Waals surface area contributed by atoms with Crippen LogP contribution in [0.3, 0.4) is 0 Å². The number of hydrogen-bond donors (Lipinski definition) is 1. The van der Waals surface area contributed by atoms with Crippen LogP contribution in [0, 0.1) is 0 Å². The van der Waals surface area contributed by atoms with Crippen LogP contribution >= 0.6 is 11.6 Å². The lowest BCUT2D eigenvalue weighted by atomic mass is 9.74. The molecule has 1 saturated heterocycles. The van der Waals surface area contributed by atoms with E-state index in [4.69, 9.17) is 11.6 Å². The third kappa shape index (κ3) is 3.43. The molecule has 7 heteroatoms. The van der Waals surface area contributed by atoms with Crippen LogP contribution in [0.1, 0.15) is 28.8 Å². The number of aromatic nitrogens is 1. The van der Waals surface area contributed by atoms with Gasteiger partial charge in [0.25, 0.3) is 5.91 Å². The normalized spacial score (nSPS) is 16.8. The number of amides is 2. The van der Waals surface area contributed by atoms with Crippen LogP contribution in [0.4, 0.5) is 5.69 Å². The van der Waals surface area contributed by atoms with Gasteiger partial charge in [-0.3, -0.25) is 9.59 Å². The number of benzene rings is 2. The number of hydrogen-bond acceptors (Lipinski definition) is 3. The number of rotatable bonds is 3. The first kappa shape index (κ1) is 20.9. The molecule has 2 aliphatic heterocycles. The molecule has 6 nitrogen and oxygen atoms in total. The third-order valence-corrected chi connectivity index (χ3v) is 7.24. The second-order valence-corrected chi connectivity index (χ2v) is 9.53. The molecule has 5 rings (SSSR count). The van der Waals surface area contributed by atoms with E-state index in [1.54, 1.807) is 25.1 Å². The SMILES string of the molecule is CN(C)C(=O)Cn1cc(C(=O)N2CCC3(CC2)CNc2ccccc23)c2ccc(Cl)cc21. The Hall–Kier alpha value is -2.99. The van der Waals surface area contributed by atoms with Crippen LogP contribution in [0.25, 0.3) is 10.9 Å². The van der Waals surface area contributed by atoms with Gasteiger partial charge < -0.3 is 19.7 Å². The van der Waals surface area contributed by atoms with E-state index in [0.717, 1.165) is 30.3 Å². The van der Waals surface area contributed by atoms with E-state index >= 15 is 0 Å². The van der Waals surface area contributed by atoms with Crippen molar-refractivity contribution < 1.29 is 9.59 Å². The van der Waals surface area contributed by atoms with Gasteiger partial charge in [-0.2, -0.15) is 0 Å². The Balaban J connectivity index is 1.41. The number of likely N-dealkylation sites (tertiary alicyclic amines) is 1. The van der Waals surface area contributed by atoms with Crippen molar-refractivity contribution in [3.8, 4) is 0 Å². The second-order valence-electron chi connectivity index (χ2n) is 9.09. The summed E-state index contributed by atoms with van der Waals surface area (Å²) in [5, 5.41) is 4.96. The fourth-order valence-electron chi connectivity index (χ4n) is 5.07.